The van der Waals surface area contributed by atoms with Crippen LogP contribution in [0.1, 0.15) is 56.5 Å². The molecule has 1 aromatic carbocycles. The summed E-state index contributed by atoms with van der Waals surface area (Å²) in [5, 5.41) is 1.75. The normalized spacial score (nSPS) is 13.7. The Morgan fingerprint density at radius 3 is 2.42 bits per heavy atom. The van der Waals surface area contributed by atoms with Gasteiger partial charge in [0.1, 0.15) is 5.75 Å². The van der Waals surface area contributed by atoms with E-state index in [0.29, 0.717) is 19.4 Å². The number of imide groups is 1. The molecule has 0 spiro atoms. The SMILES string of the molecule is CCCC(C)N1Cc2c(OC(C)C)cccc2C1=O.O=CNC=O. The van der Waals surface area contributed by atoms with Crippen LogP contribution < -0.4 is 10.1 Å². The Kier molecular flexibility index (Phi) is 7.95. The van der Waals surface area contributed by atoms with Crippen LogP contribution in [0, 0.1) is 0 Å². The monoisotopic (exact) mass is 334 g/mol. The van der Waals surface area contributed by atoms with Gasteiger partial charge >= 0.3 is 0 Å². The molecular formula is C18H26N2O4. The summed E-state index contributed by atoms with van der Waals surface area (Å²) in [6.07, 6.45) is 2.89. The van der Waals surface area contributed by atoms with Crippen molar-refractivity contribution in [1.29, 1.82) is 0 Å². The number of carbonyl (C=O) groups is 3. The number of nitrogens with zero attached hydrogens (tertiary/aromatic N) is 1. The Morgan fingerprint density at radius 1 is 1.25 bits per heavy atom. The van der Waals surface area contributed by atoms with Crippen molar-refractivity contribution in [3.05, 3.63) is 29.3 Å². The second kappa shape index (κ2) is 9.70. The van der Waals surface area contributed by atoms with Crippen molar-refractivity contribution in [2.45, 2.75) is 59.2 Å². The fraction of sp³-hybridized carbons (Fsp3) is 0.500. The first kappa shape index (κ1) is 19.7. The first-order valence-electron chi connectivity index (χ1n) is 8.19. The van der Waals surface area contributed by atoms with Gasteiger partial charge in [0, 0.05) is 17.2 Å². The summed E-state index contributed by atoms with van der Waals surface area (Å²) in [6, 6.07) is 6.06. The lowest BCUT2D eigenvalue weighted by Gasteiger charge is -2.23. The van der Waals surface area contributed by atoms with Gasteiger partial charge in [-0.2, -0.15) is 0 Å². The summed E-state index contributed by atoms with van der Waals surface area (Å²) < 4.78 is 5.81. The van der Waals surface area contributed by atoms with Crippen LogP contribution in [0.25, 0.3) is 0 Å². The summed E-state index contributed by atoms with van der Waals surface area (Å²) in [5.74, 6) is 0.997. The maximum Gasteiger partial charge on any atom is 0.254 e. The zero-order valence-electron chi connectivity index (χ0n) is 14.7. The molecule has 1 N–H and O–H groups in total. The minimum atomic E-state index is 0.128. The molecule has 1 aliphatic rings. The van der Waals surface area contributed by atoms with Crippen LogP contribution in [0.15, 0.2) is 18.2 Å². The molecule has 6 heteroatoms. The Morgan fingerprint density at radius 2 is 1.92 bits per heavy atom. The summed E-state index contributed by atoms with van der Waals surface area (Å²) in [5.41, 5.74) is 1.85. The van der Waals surface area contributed by atoms with Crippen molar-refractivity contribution in [1.82, 2.24) is 10.2 Å². The Labute approximate surface area is 143 Å². The van der Waals surface area contributed by atoms with Crippen LogP contribution in [-0.4, -0.2) is 35.8 Å². The highest BCUT2D eigenvalue weighted by molar-refractivity contribution is 5.99. The van der Waals surface area contributed by atoms with Gasteiger partial charge in [0.15, 0.2) is 0 Å². The van der Waals surface area contributed by atoms with Crippen LogP contribution in [0.3, 0.4) is 0 Å². The predicted octanol–water partition coefficient (Wildman–Crippen LogP) is 2.51. The number of fused-ring (bicyclic) bond motifs is 1. The molecule has 0 radical (unpaired) electrons. The van der Waals surface area contributed by atoms with Crippen molar-refractivity contribution >= 4 is 18.7 Å². The molecule has 0 saturated carbocycles. The zero-order chi connectivity index (χ0) is 18.1. The van der Waals surface area contributed by atoms with Crippen molar-refractivity contribution < 1.29 is 19.1 Å². The van der Waals surface area contributed by atoms with Gasteiger partial charge in [-0.05, 0) is 39.3 Å². The van der Waals surface area contributed by atoms with Gasteiger partial charge in [0.05, 0.1) is 12.6 Å². The largest absolute Gasteiger partial charge is 0.491 e. The number of benzene rings is 1. The van der Waals surface area contributed by atoms with Gasteiger partial charge in [0.25, 0.3) is 5.91 Å². The molecular weight excluding hydrogens is 308 g/mol. The quantitative estimate of drug-likeness (QED) is 0.777. The average molecular weight is 334 g/mol. The summed E-state index contributed by atoms with van der Waals surface area (Å²) in [7, 11) is 0. The van der Waals surface area contributed by atoms with Crippen LogP contribution in [0.5, 0.6) is 5.75 Å². The molecule has 1 unspecified atom stereocenters. The molecule has 24 heavy (non-hydrogen) atoms. The second-order valence-corrected chi connectivity index (χ2v) is 5.92. The highest BCUT2D eigenvalue weighted by Crippen LogP contribution is 2.33. The first-order valence-corrected chi connectivity index (χ1v) is 8.19. The molecule has 1 atom stereocenters. The van der Waals surface area contributed by atoms with Gasteiger partial charge < -0.3 is 15.0 Å². The lowest BCUT2D eigenvalue weighted by molar-refractivity contribution is -0.117. The number of rotatable bonds is 7. The highest BCUT2D eigenvalue weighted by atomic mass is 16.5. The number of hydrogen-bond donors (Lipinski definition) is 1. The van der Waals surface area contributed by atoms with Gasteiger partial charge in [0.2, 0.25) is 12.8 Å². The molecule has 0 bridgehead atoms. The summed E-state index contributed by atoms with van der Waals surface area (Å²) in [4.78, 5) is 32.5. The molecule has 0 saturated heterocycles. The lowest BCUT2D eigenvalue weighted by Crippen LogP contribution is -2.33. The van der Waals surface area contributed by atoms with E-state index in [1.54, 1.807) is 5.32 Å². The van der Waals surface area contributed by atoms with Gasteiger partial charge in [-0.15, -0.1) is 0 Å². The van der Waals surface area contributed by atoms with E-state index in [2.05, 4.69) is 13.8 Å². The van der Waals surface area contributed by atoms with Crippen LogP contribution in [-0.2, 0) is 16.1 Å². The number of ether oxygens (including phenoxy) is 1. The molecule has 2 rings (SSSR count). The number of carbonyl (C=O) groups excluding carboxylic acids is 3. The second-order valence-electron chi connectivity index (χ2n) is 5.92. The minimum Gasteiger partial charge on any atom is -0.491 e. The molecule has 1 aromatic rings. The van der Waals surface area contributed by atoms with E-state index < -0.39 is 0 Å². The Balaban J connectivity index is 0.000000505. The van der Waals surface area contributed by atoms with E-state index in [1.807, 2.05) is 36.9 Å². The zero-order valence-corrected chi connectivity index (χ0v) is 14.7. The van der Waals surface area contributed by atoms with E-state index in [-0.39, 0.29) is 18.1 Å². The molecule has 1 aliphatic heterocycles. The molecule has 6 nitrogen and oxygen atoms in total. The van der Waals surface area contributed by atoms with Gasteiger partial charge in [-0.3, -0.25) is 14.4 Å². The third-order valence-corrected chi connectivity index (χ3v) is 3.69. The van der Waals surface area contributed by atoms with Gasteiger partial charge in [-0.1, -0.05) is 19.4 Å². The minimum absolute atomic E-state index is 0.128. The molecule has 132 valence electrons. The molecule has 0 aliphatic carbocycles. The Bertz CT molecular complexity index is 566. The van der Waals surface area contributed by atoms with Crippen molar-refractivity contribution in [3.63, 3.8) is 0 Å². The summed E-state index contributed by atoms with van der Waals surface area (Å²) >= 11 is 0. The maximum atomic E-state index is 12.4. The van der Waals surface area contributed by atoms with E-state index in [4.69, 9.17) is 14.3 Å². The van der Waals surface area contributed by atoms with Gasteiger partial charge in [-0.25, -0.2) is 0 Å². The van der Waals surface area contributed by atoms with Crippen molar-refractivity contribution in [2.24, 2.45) is 0 Å². The van der Waals surface area contributed by atoms with Crippen LogP contribution >= 0.6 is 0 Å². The number of amides is 3. The molecule has 1 heterocycles. The van der Waals surface area contributed by atoms with Crippen LogP contribution in [0.4, 0.5) is 0 Å². The van der Waals surface area contributed by atoms with Crippen molar-refractivity contribution in [3.8, 4) is 5.75 Å². The van der Waals surface area contributed by atoms with Crippen LogP contribution in [0.2, 0.25) is 0 Å². The fourth-order valence-electron chi connectivity index (χ4n) is 2.65. The van der Waals surface area contributed by atoms with E-state index in [1.165, 1.54) is 0 Å². The summed E-state index contributed by atoms with van der Waals surface area (Å²) in [6.45, 7) is 8.97. The smallest absolute Gasteiger partial charge is 0.254 e. The van der Waals surface area contributed by atoms with E-state index in [9.17, 15) is 4.79 Å². The predicted molar refractivity (Wildman–Crippen MR) is 91.7 cm³/mol. The third-order valence-electron chi connectivity index (χ3n) is 3.69. The fourth-order valence-corrected chi connectivity index (χ4v) is 2.65. The average Bonchev–Trinajstić information content (AvgIpc) is 2.87. The first-order chi connectivity index (χ1) is 11.5. The maximum absolute atomic E-state index is 12.4. The molecule has 0 fully saturated rings. The number of nitrogens with one attached hydrogen (secondary N) is 1. The lowest BCUT2D eigenvalue weighted by atomic mass is 10.1. The highest BCUT2D eigenvalue weighted by Gasteiger charge is 2.32. The molecule has 0 aromatic heterocycles. The number of hydrogen-bond acceptors (Lipinski definition) is 4. The third kappa shape index (κ3) is 5.08. The van der Waals surface area contributed by atoms with E-state index in [0.717, 1.165) is 29.7 Å². The van der Waals surface area contributed by atoms with Crippen molar-refractivity contribution in [2.75, 3.05) is 0 Å². The molecule has 3 amide bonds. The van der Waals surface area contributed by atoms with E-state index >= 15 is 0 Å². The standard InChI is InChI=1S/C16H23NO2.C2H3NO2/c1-5-7-12(4)17-10-14-13(16(17)18)8-6-9-15(14)19-11(2)3;4-1-3-2-5/h6,8-9,11-12H,5,7,10H2,1-4H3;1-2H,(H,3,4,5). The topological polar surface area (TPSA) is 75.7 Å². The Hall–Kier alpha value is -2.37.